The van der Waals surface area contributed by atoms with E-state index in [4.69, 9.17) is 11.6 Å². The number of thiophene rings is 1. The first kappa shape index (κ1) is 21.9. The lowest BCUT2D eigenvalue weighted by Crippen LogP contribution is -2.15. The van der Waals surface area contributed by atoms with Crippen LogP contribution in [0.1, 0.15) is 11.8 Å². The van der Waals surface area contributed by atoms with Crippen LogP contribution in [0.4, 0.5) is 10.8 Å². The summed E-state index contributed by atoms with van der Waals surface area (Å²) in [6, 6.07) is 8.76. The van der Waals surface area contributed by atoms with Crippen molar-refractivity contribution in [1.82, 2.24) is 9.36 Å². The Labute approximate surface area is 189 Å². The summed E-state index contributed by atoms with van der Waals surface area (Å²) in [7, 11) is -3.61. The van der Waals surface area contributed by atoms with Gasteiger partial charge in [0.2, 0.25) is 21.1 Å². The van der Waals surface area contributed by atoms with E-state index in [1.54, 1.807) is 36.4 Å². The molecular weight excluding hydrogens is 520 g/mol. The number of amides is 1. The van der Waals surface area contributed by atoms with Crippen LogP contribution < -0.4 is 10.0 Å². The highest BCUT2D eigenvalue weighted by Gasteiger charge is 2.13. The average Bonchev–Trinajstić information content (AvgIpc) is 3.21. The van der Waals surface area contributed by atoms with Gasteiger partial charge in [0.1, 0.15) is 4.34 Å². The fourth-order valence-electron chi connectivity index (χ4n) is 2.20. The summed E-state index contributed by atoms with van der Waals surface area (Å²) in [5, 5.41) is 2.85. The molecule has 0 saturated carbocycles. The summed E-state index contributed by atoms with van der Waals surface area (Å²) >= 11 is 11.6. The molecule has 12 heteroatoms. The molecule has 0 unspecified atom stereocenters. The molecule has 0 spiro atoms. The molecule has 0 aliphatic carbocycles. The van der Waals surface area contributed by atoms with E-state index in [2.05, 4.69) is 35.3 Å². The molecule has 2 N–H and O–H groups in total. The zero-order chi connectivity index (χ0) is 21.0. The molecule has 0 atom stereocenters. The highest BCUT2D eigenvalue weighted by Crippen LogP contribution is 2.32. The van der Waals surface area contributed by atoms with Crippen molar-refractivity contribution >= 4 is 83.2 Å². The largest absolute Gasteiger partial charge is 0.326 e. The Kier molecular flexibility index (Phi) is 7.06. The third-order valence-corrected chi connectivity index (χ3v) is 7.73. The molecule has 0 saturated heterocycles. The van der Waals surface area contributed by atoms with Crippen molar-refractivity contribution in [3.63, 3.8) is 0 Å². The molecule has 0 fully saturated rings. The van der Waals surface area contributed by atoms with Crippen LogP contribution in [0, 0.1) is 0 Å². The number of hydrogen-bond donors (Lipinski definition) is 2. The Balaban J connectivity index is 1.63. The lowest BCUT2D eigenvalue weighted by molar-refractivity contribution is -0.114. The minimum atomic E-state index is -3.61. The Morgan fingerprint density at radius 3 is 2.66 bits per heavy atom. The summed E-state index contributed by atoms with van der Waals surface area (Å²) in [6.07, 6.45) is 3.24. The topological polar surface area (TPSA) is 101 Å². The molecule has 0 aliphatic rings. The molecule has 152 valence electrons. The van der Waals surface area contributed by atoms with E-state index >= 15 is 0 Å². The molecule has 3 rings (SSSR count). The van der Waals surface area contributed by atoms with Gasteiger partial charge in [0.05, 0.1) is 5.75 Å². The Morgan fingerprint density at radius 2 is 2.03 bits per heavy atom. The predicted molar refractivity (Wildman–Crippen MR) is 123 cm³/mol. The van der Waals surface area contributed by atoms with Gasteiger partial charge in [-0.3, -0.25) is 9.52 Å². The zero-order valence-corrected chi connectivity index (χ0v) is 19.6. The van der Waals surface area contributed by atoms with Crippen molar-refractivity contribution in [3.8, 4) is 11.4 Å². The van der Waals surface area contributed by atoms with E-state index in [0.717, 1.165) is 20.9 Å². The predicted octanol–water partition coefficient (Wildman–Crippen LogP) is 5.10. The van der Waals surface area contributed by atoms with Crippen molar-refractivity contribution in [2.75, 3.05) is 15.8 Å². The maximum Gasteiger partial charge on any atom is 0.238 e. The summed E-state index contributed by atoms with van der Waals surface area (Å²) < 4.78 is 32.5. The number of sulfonamides is 1. The molecular formula is C17H14BrClN4O3S3. The number of aromatic nitrogens is 2. The number of anilines is 2. The molecule has 2 aromatic heterocycles. The summed E-state index contributed by atoms with van der Waals surface area (Å²) in [6.45, 7) is 1.43. The number of nitrogens with one attached hydrogen (secondary N) is 2. The van der Waals surface area contributed by atoms with Crippen molar-refractivity contribution < 1.29 is 13.2 Å². The second-order valence-corrected chi connectivity index (χ2v) is 10.8. The minimum Gasteiger partial charge on any atom is -0.326 e. The van der Waals surface area contributed by atoms with Gasteiger partial charge in [-0.1, -0.05) is 17.7 Å². The third kappa shape index (κ3) is 6.34. The van der Waals surface area contributed by atoms with E-state index in [-0.39, 0.29) is 16.8 Å². The third-order valence-electron chi connectivity index (χ3n) is 3.39. The van der Waals surface area contributed by atoms with Crippen LogP contribution >= 0.6 is 50.4 Å². The van der Waals surface area contributed by atoms with Gasteiger partial charge in [-0.2, -0.15) is 9.36 Å². The van der Waals surface area contributed by atoms with Crippen LogP contribution in [0.15, 0.2) is 40.9 Å². The van der Waals surface area contributed by atoms with Gasteiger partial charge in [0.15, 0.2) is 5.82 Å². The van der Waals surface area contributed by atoms with Crippen LogP contribution in [0.5, 0.6) is 0 Å². The van der Waals surface area contributed by atoms with E-state index in [0.29, 0.717) is 21.4 Å². The molecule has 1 aromatic carbocycles. The minimum absolute atomic E-state index is 0.162. The number of carbonyl (C=O) groups is 1. The standard InChI is InChI=1S/C17H14BrClN4O3S3/c1-10(24)20-12-6-4-11(5-7-12)16-21-17(28-22-16)23-29(25,26)8-2-3-13-9-14(18)15(19)27-13/h2-7,9H,8H2,1H3,(H,20,24)(H,21,22,23). The van der Waals surface area contributed by atoms with Crippen LogP contribution in [-0.2, 0) is 14.8 Å². The average molecular weight is 534 g/mol. The second-order valence-electron chi connectivity index (χ2n) is 5.74. The molecule has 3 aromatic rings. The van der Waals surface area contributed by atoms with Gasteiger partial charge in [-0.05, 0) is 52.3 Å². The Bertz CT molecular complexity index is 1140. The molecule has 0 radical (unpaired) electrons. The number of rotatable bonds is 7. The van der Waals surface area contributed by atoms with Crippen molar-refractivity contribution in [2.24, 2.45) is 0 Å². The Morgan fingerprint density at radius 1 is 1.31 bits per heavy atom. The van der Waals surface area contributed by atoms with Crippen LogP contribution in [0.2, 0.25) is 4.34 Å². The Hall–Kier alpha value is -1.79. The maximum absolute atomic E-state index is 12.3. The molecule has 2 heterocycles. The normalized spacial score (nSPS) is 11.7. The van der Waals surface area contributed by atoms with E-state index < -0.39 is 10.0 Å². The first-order valence-electron chi connectivity index (χ1n) is 8.05. The molecule has 0 aliphatic heterocycles. The number of halogens is 2. The smallest absolute Gasteiger partial charge is 0.238 e. The number of benzene rings is 1. The van der Waals surface area contributed by atoms with Crippen molar-refractivity contribution in [2.45, 2.75) is 6.92 Å². The SMILES string of the molecule is CC(=O)Nc1ccc(-c2nsc(NS(=O)(=O)CC=Cc3cc(Br)c(Cl)s3)n2)cc1. The van der Waals surface area contributed by atoms with Crippen molar-refractivity contribution in [1.29, 1.82) is 0 Å². The van der Waals surface area contributed by atoms with Crippen LogP contribution in [-0.4, -0.2) is 29.4 Å². The van der Waals surface area contributed by atoms with Gasteiger partial charge in [0, 0.05) is 39.1 Å². The molecule has 7 nitrogen and oxygen atoms in total. The number of nitrogens with zero attached hydrogens (tertiary/aromatic N) is 2. The number of carbonyl (C=O) groups excluding carboxylic acids is 1. The van der Waals surface area contributed by atoms with Crippen molar-refractivity contribution in [3.05, 3.63) is 50.1 Å². The zero-order valence-electron chi connectivity index (χ0n) is 14.8. The van der Waals surface area contributed by atoms with Gasteiger partial charge in [-0.25, -0.2) is 8.42 Å². The van der Waals surface area contributed by atoms with E-state index in [9.17, 15) is 13.2 Å². The monoisotopic (exact) mass is 532 g/mol. The van der Waals surface area contributed by atoms with Crippen LogP contribution in [0.3, 0.4) is 0 Å². The fourth-order valence-corrected chi connectivity index (χ4v) is 5.59. The molecule has 0 bridgehead atoms. The highest BCUT2D eigenvalue weighted by atomic mass is 79.9. The first-order valence-corrected chi connectivity index (χ1v) is 12.5. The lowest BCUT2D eigenvalue weighted by atomic mass is 10.2. The second kappa shape index (κ2) is 9.35. The van der Waals surface area contributed by atoms with Gasteiger partial charge in [-0.15, -0.1) is 11.3 Å². The van der Waals surface area contributed by atoms with Crippen LogP contribution in [0.25, 0.3) is 17.5 Å². The fraction of sp³-hybridized carbons (Fsp3) is 0.118. The maximum atomic E-state index is 12.3. The van der Waals surface area contributed by atoms with E-state index in [1.807, 2.05) is 6.07 Å². The summed E-state index contributed by atoms with van der Waals surface area (Å²) in [5.41, 5.74) is 1.36. The quantitative estimate of drug-likeness (QED) is 0.440. The summed E-state index contributed by atoms with van der Waals surface area (Å²) in [5.74, 6) is 0.0290. The van der Waals surface area contributed by atoms with Gasteiger partial charge < -0.3 is 5.32 Å². The lowest BCUT2D eigenvalue weighted by Gasteiger charge is -2.02. The van der Waals surface area contributed by atoms with Gasteiger partial charge in [0.25, 0.3) is 0 Å². The summed E-state index contributed by atoms with van der Waals surface area (Å²) in [4.78, 5) is 16.1. The highest BCUT2D eigenvalue weighted by molar-refractivity contribution is 9.10. The number of hydrogen-bond acceptors (Lipinski definition) is 7. The molecule has 29 heavy (non-hydrogen) atoms. The first-order chi connectivity index (χ1) is 13.7. The van der Waals surface area contributed by atoms with Gasteiger partial charge >= 0.3 is 0 Å². The molecule has 1 amide bonds. The van der Waals surface area contributed by atoms with E-state index in [1.165, 1.54) is 18.3 Å².